The van der Waals surface area contributed by atoms with Crippen LogP contribution < -0.4 is 20.1 Å². The van der Waals surface area contributed by atoms with E-state index in [9.17, 15) is 9.59 Å². The molecule has 2 amide bonds. The molecule has 1 fully saturated rings. The van der Waals surface area contributed by atoms with Crippen LogP contribution in [0.25, 0.3) is 0 Å². The molecule has 0 atom stereocenters. The first-order valence-electron chi connectivity index (χ1n) is 8.71. The highest BCUT2D eigenvalue weighted by Crippen LogP contribution is 2.32. The number of ether oxygens (including phenoxy) is 2. The topological polar surface area (TPSA) is 134 Å². The lowest BCUT2D eigenvalue weighted by Crippen LogP contribution is -2.41. The van der Waals surface area contributed by atoms with E-state index in [2.05, 4.69) is 10.6 Å². The first kappa shape index (κ1) is 20.5. The minimum atomic E-state index is -0.490. The SMILES string of the molecule is O=C(CO)NC1CCC(C(=O)NCc2ccc3c(c2)OCO3)CC1.O=CO. The highest BCUT2D eigenvalue weighted by Gasteiger charge is 2.26. The first-order chi connectivity index (χ1) is 13.1. The van der Waals surface area contributed by atoms with Gasteiger partial charge in [0.05, 0.1) is 0 Å². The molecule has 1 aromatic carbocycles. The molecule has 0 saturated heterocycles. The Balaban J connectivity index is 0.000000817. The standard InChI is InChI=1S/C17H22N2O5.CH2O2/c20-9-16(21)19-13-4-2-12(3-5-13)17(22)18-8-11-1-6-14-15(7-11)24-10-23-14;2-1-3/h1,6-7,12-13,20H,2-5,8-10H2,(H,18,22)(H,19,21);1H,(H,2,3). The van der Waals surface area contributed by atoms with Gasteiger partial charge in [0.2, 0.25) is 18.6 Å². The predicted molar refractivity (Wildman–Crippen MR) is 94.1 cm³/mol. The largest absolute Gasteiger partial charge is 0.483 e. The van der Waals surface area contributed by atoms with Crippen LogP contribution in [-0.4, -0.2) is 47.9 Å². The van der Waals surface area contributed by atoms with Crippen LogP contribution in [0, 0.1) is 5.92 Å². The van der Waals surface area contributed by atoms with Crippen molar-refractivity contribution in [2.75, 3.05) is 13.4 Å². The van der Waals surface area contributed by atoms with Crippen molar-refractivity contribution in [3.05, 3.63) is 23.8 Å². The third kappa shape index (κ3) is 6.14. The summed E-state index contributed by atoms with van der Waals surface area (Å²) in [5, 5.41) is 21.4. The molecule has 0 spiro atoms. The summed E-state index contributed by atoms with van der Waals surface area (Å²) in [4.78, 5) is 31.8. The molecule has 1 heterocycles. The molecule has 0 radical (unpaired) electrons. The molecule has 2 aliphatic rings. The van der Waals surface area contributed by atoms with Crippen LogP contribution in [0.4, 0.5) is 0 Å². The van der Waals surface area contributed by atoms with E-state index in [-0.39, 0.29) is 37.0 Å². The lowest BCUT2D eigenvalue weighted by atomic mass is 9.85. The zero-order valence-corrected chi connectivity index (χ0v) is 14.8. The molecule has 9 nitrogen and oxygen atoms in total. The maximum Gasteiger partial charge on any atom is 0.290 e. The number of benzene rings is 1. The molecule has 0 unspecified atom stereocenters. The Morgan fingerprint density at radius 1 is 1.15 bits per heavy atom. The maximum absolute atomic E-state index is 12.3. The Hall–Kier alpha value is -2.81. The van der Waals surface area contributed by atoms with Gasteiger partial charge in [-0.1, -0.05) is 6.07 Å². The van der Waals surface area contributed by atoms with Gasteiger partial charge in [0.25, 0.3) is 6.47 Å². The molecule has 148 valence electrons. The van der Waals surface area contributed by atoms with Crippen molar-refractivity contribution >= 4 is 18.3 Å². The monoisotopic (exact) mass is 380 g/mol. The summed E-state index contributed by atoms with van der Waals surface area (Å²) in [6.07, 6.45) is 2.99. The number of aliphatic hydroxyl groups is 1. The summed E-state index contributed by atoms with van der Waals surface area (Å²) in [6.45, 7) is -0.0478. The van der Waals surface area contributed by atoms with Gasteiger partial charge < -0.3 is 30.3 Å². The Morgan fingerprint density at radius 3 is 2.48 bits per heavy atom. The molecule has 1 aliphatic carbocycles. The van der Waals surface area contributed by atoms with Crippen LogP contribution in [0.15, 0.2) is 18.2 Å². The lowest BCUT2D eigenvalue weighted by molar-refractivity contribution is -0.127. The molecule has 27 heavy (non-hydrogen) atoms. The van der Waals surface area contributed by atoms with Crippen molar-refractivity contribution in [2.45, 2.75) is 38.3 Å². The number of hydrogen-bond donors (Lipinski definition) is 4. The number of carboxylic acid groups (broad SMARTS) is 1. The van der Waals surface area contributed by atoms with Crippen LogP contribution >= 0.6 is 0 Å². The molecule has 0 bridgehead atoms. The van der Waals surface area contributed by atoms with Crippen molar-refractivity contribution in [3.8, 4) is 11.5 Å². The number of nitrogens with one attached hydrogen (secondary N) is 2. The van der Waals surface area contributed by atoms with Gasteiger partial charge in [0.1, 0.15) is 6.61 Å². The third-order valence-corrected chi connectivity index (χ3v) is 4.51. The Bertz CT molecular complexity index is 657. The molecule has 1 saturated carbocycles. The summed E-state index contributed by atoms with van der Waals surface area (Å²) in [7, 11) is 0. The number of carbonyl (C=O) groups excluding carboxylic acids is 2. The zero-order chi connectivity index (χ0) is 19.6. The Labute approximate surface area is 156 Å². The van der Waals surface area contributed by atoms with Crippen molar-refractivity contribution in [1.29, 1.82) is 0 Å². The molecule has 1 aliphatic heterocycles. The van der Waals surface area contributed by atoms with Crippen LogP contribution in [-0.2, 0) is 20.9 Å². The summed E-state index contributed by atoms with van der Waals surface area (Å²) >= 11 is 0. The van der Waals surface area contributed by atoms with Gasteiger partial charge in [0, 0.05) is 18.5 Å². The number of amides is 2. The van der Waals surface area contributed by atoms with E-state index in [1.165, 1.54) is 0 Å². The third-order valence-electron chi connectivity index (χ3n) is 4.51. The molecule has 1 aromatic rings. The van der Waals surface area contributed by atoms with Gasteiger partial charge in [-0.15, -0.1) is 0 Å². The first-order valence-corrected chi connectivity index (χ1v) is 8.71. The maximum atomic E-state index is 12.3. The summed E-state index contributed by atoms with van der Waals surface area (Å²) in [5.41, 5.74) is 0.969. The van der Waals surface area contributed by atoms with Gasteiger partial charge >= 0.3 is 0 Å². The number of fused-ring (bicyclic) bond motifs is 1. The van der Waals surface area contributed by atoms with E-state index in [1.54, 1.807) is 0 Å². The number of aliphatic hydroxyl groups excluding tert-OH is 1. The van der Waals surface area contributed by atoms with Gasteiger partial charge in [-0.2, -0.15) is 0 Å². The van der Waals surface area contributed by atoms with Gasteiger partial charge in [-0.3, -0.25) is 14.4 Å². The van der Waals surface area contributed by atoms with Crippen molar-refractivity contribution < 1.29 is 34.1 Å². The minimum Gasteiger partial charge on any atom is -0.483 e. The average Bonchev–Trinajstić information content (AvgIpc) is 3.15. The molecule has 4 N–H and O–H groups in total. The van der Waals surface area contributed by atoms with E-state index in [0.29, 0.717) is 12.3 Å². The fourth-order valence-corrected chi connectivity index (χ4v) is 3.16. The van der Waals surface area contributed by atoms with Crippen molar-refractivity contribution in [3.63, 3.8) is 0 Å². The second-order valence-corrected chi connectivity index (χ2v) is 6.29. The second-order valence-electron chi connectivity index (χ2n) is 6.29. The van der Waals surface area contributed by atoms with Crippen LogP contribution in [0.3, 0.4) is 0 Å². The number of carbonyl (C=O) groups is 3. The molecular formula is C18H24N2O7. The molecule has 3 rings (SSSR count). The van der Waals surface area contributed by atoms with E-state index >= 15 is 0 Å². The predicted octanol–water partition coefficient (Wildman–Crippen LogP) is 0.400. The van der Waals surface area contributed by atoms with E-state index in [1.807, 2.05) is 18.2 Å². The lowest BCUT2D eigenvalue weighted by Gasteiger charge is -2.28. The molecule has 9 heteroatoms. The summed E-state index contributed by atoms with van der Waals surface area (Å²) in [6, 6.07) is 5.69. The fourth-order valence-electron chi connectivity index (χ4n) is 3.16. The highest BCUT2D eigenvalue weighted by atomic mass is 16.7. The molecule has 0 aromatic heterocycles. The fraction of sp³-hybridized carbons (Fsp3) is 0.500. The van der Waals surface area contributed by atoms with Crippen molar-refractivity contribution in [2.24, 2.45) is 5.92 Å². The average molecular weight is 380 g/mol. The van der Waals surface area contributed by atoms with E-state index in [4.69, 9.17) is 24.5 Å². The van der Waals surface area contributed by atoms with Gasteiger partial charge in [0.15, 0.2) is 11.5 Å². The van der Waals surface area contributed by atoms with Crippen LogP contribution in [0.1, 0.15) is 31.2 Å². The Kier molecular flexibility index (Phi) is 7.87. The quantitative estimate of drug-likeness (QED) is 0.543. The number of hydrogen-bond acceptors (Lipinski definition) is 6. The summed E-state index contributed by atoms with van der Waals surface area (Å²) < 4.78 is 10.6. The van der Waals surface area contributed by atoms with Gasteiger partial charge in [-0.05, 0) is 43.4 Å². The Morgan fingerprint density at radius 2 is 1.81 bits per heavy atom. The summed E-state index contributed by atoms with van der Waals surface area (Å²) in [5.74, 6) is 1.10. The second kappa shape index (κ2) is 10.4. The van der Waals surface area contributed by atoms with Crippen LogP contribution in [0.2, 0.25) is 0 Å². The highest BCUT2D eigenvalue weighted by molar-refractivity contribution is 5.79. The minimum absolute atomic E-state index is 0.0266. The van der Waals surface area contributed by atoms with Crippen LogP contribution in [0.5, 0.6) is 11.5 Å². The van der Waals surface area contributed by atoms with Gasteiger partial charge in [-0.25, -0.2) is 0 Å². The van der Waals surface area contributed by atoms with E-state index < -0.39 is 6.61 Å². The normalized spacial score (nSPS) is 20.0. The van der Waals surface area contributed by atoms with Crippen molar-refractivity contribution in [1.82, 2.24) is 10.6 Å². The van der Waals surface area contributed by atoms with E-state index in [0.717, 1.165) is 37.0 Å². The number of rotatable bonds is 5. The zero-order valence-electron chi connectivity index (χ0n) is 14.8. The molecular weight excluding hydrogens is 356 g/mol. The smallest absolute Gasteiger partial charge is 0.290 e.